The standard InChI is InChI=1S/C21H19N3O3S2/c1-26-17-10-9-15(12-18(17)27-2)16-13-29-21(22-16)24-20(28)23-19(25)11-8-14-6-4-3-5-7-14/h3-13H,1-2H3,(H2,22,23,24,25,28)/b11-8+. The molecule has 148 valence electrons. The van der Waals surface area contributed by atoms with Crippen molar-refractivity contribution in [3.63, 3.8) is 0 Å². The molecular formula is C21H19N3O3S2. The van der Waals surface area contributed by atoms with E-state index >= 15 is 0 Å². The molecule has 0 fully saturated rings. The molecule has 0 saturated carbocycles. The van der Waals surface area contributed by atoms with Crippen LogP contribution in [-0.4, -0.2) is 30.2 Å². The molecule has 1 heterocycles. The first kappa shape index (κ1) is 20.5. The van der Waals surface area contributed by atoms with Crippen LogP contribution in [0, 0.1) is 0 Å². The number of rotatable bonds is 6. The summed E-state index contributed by atoms with van der Waals surface area (Å²) in [6, 6.07) is 15.1. The number of nitrogens with one attached hydrogen (secondary N) is 2. The molecular weight excluding hydrogens is 406 g/mol. The maximum atomic E-state index is 12.0. The zero-order chi connectivity index (χ0) is 20.6. The van der Waals surface area contributed by atoms with Crippen LogP contribution < -0.4 is 20.1 Å². The summed E-state index contributed by atoms with van der Waals surface area (Å²) in [6.07, 6.45) is 3.15. The summed E-state index contributed by atoms with van der Waals surface area (Å²) in [5.74, 6) is 0.959. The highest BCUT2D eigenvalue weighted by atomic mass is 32.1. The van der Waals surface area contributed by atoms with Crippen molar-refractivity contribution in [3.05, 3.63) is 65.6 Å². The second kappa shape index (κ2) is 9.81. The third-order valence-electron chi connectivity index (χ3n) is 3.87. The lowest BCUT2D eigenvalue weighted by atomic mass is 10.1. The lowest BCUT2D eigenvalue weighted by Crippen LogP contribution is -2.32. The summed E-state index contributed by atoms with van der Waals surface area (Å²) in [4.78, 5) is 16.5. The van der Waals surface area contributed by atoms with Gasteiger partial charge in [-0.15, -0.1) is 11.3 Å². The van der Waals surface area contributed by atoms with Crippen LogP contribution in [0.15, 0.2) is 60.0 Å². The first-order valence-electron chi connectivity index (χ1n) is 8.62. The van der Waals surface area contributed by atoms with E-state index in [1.165, 1.54) is 17.4 Å². The highest BCUT2D eigenvalue weighted by Crippen LogP contribution is 2.33. The smallest absolute Gasteiger partial charge is 0.250 e. The first-order valence-corrected chi connectivity index (χ1v) is 9.91. The Bertz CT molecular complexity index is 1030. The Morgan fingerprint density at radius 2 is 1.86 bits per heavy atom. The van der Waals surface area contributed by atoms with Crippen molar-refractivity contribution >= 4 is 45.8 Å². The number of aromatic nitrogens is 1. The van der Waals surface area contributed by atoms with Gasteiger partial charge < -0.3 is 14.8 Å². The Kier molecular flexibility index (Phi) is 6.94. The van der Waals surface area contributed by atoms with Gasteiger partial charge >= 0.3 is 0 Å². The van der Waals surface area contributed by atoms with E-state index in [1.807, 2.05) is 53.9 Å². The number of methoxy groups -OCH3 is 2. The third kappa shape index (κ3) is 5.63. The summed E-state index contributed by atoms with van der Waals surface area (Å²) < 4.78 is 10.6. The number of thiocarbonyl (C=S) groups is 1. The summed E-state index contributed by atoms with van der Waals surface area (Å²) in [7, 11) is 3.18. The number of nitrogens with zero attached hydrogens (tertiary/aromatic N) is 1. The van der Waals surface area contributed by atoms with Gasteiger partial charge in [0.15, 0.2) is 21.7 Å². The number of anilines is 1. The summed E-state index contributed by atoms with van der Waals surface area (Å²) in [6.45, 7) is 0. The Labute approximate surface area is 178 Å². The largest absolute Gasteiger partial charge is 0.493 e. The van der Waals surface area contributed by atoms with Crippen molar-refractivity contribution in [1.82, 2.24) is 10.3 Å². The maximum absolute atomic E-state index is 12.0. The normalized spacial score (nSPS) is 10.6. The fourth-order valence-electron chi connectivity index (χ4n) is 2.48. The average Bonchev–Trinajstić information content (AvgIpc) is 3.20. The van der Waals surface area contributed by atoms with E-state index in [9.17, 15) is 4.79 Å². The van der Waals surface area contributed by atoms with Gasteiger partial charge in [-0.2, -0.15) is 0 Å². The van der Waals surface area contributed by atoms with E-state index < -0.39 is 0 Å². The first-order chi connectivity index (χ1) is 14.1. The van der Waals surface area contributed by atoms with Crippen LogP contribution in [0.5, 0.6) is 11.5 Å². The van der Waals surface area contributed by atoms with Gasteiger partial charge in [0.25, 0.3) is 0 Å². The van der Waals surface area contributed by atoms with Crippen molar-refractivity contribution in [2.75, 3.05) is 19.5 Å². The van der Waals surface area contributed by atoms with E-state index in [1.54, 1.807) is 20.3 Å². The van der Waals surface area contributed by atoms with Gasteiger partial charge in [0.2, 0.25) is 5.91 Å². The SMILES string of the molecule is COc1ccc(-c2csc(NC(=S)NC(=O)/C=C/c3ccccc3)n2)cc1OC. The quantitative estimate of drug-likeness (QED) is 0.452. The number of hydrogen-bond donors (Lipinski definition) is 2. The predicted octanol–water partition coefficient (Wildman–Crippen LogP) is 4.35. The predicted molar refractivity (Wildman–Crippen MR) is 120 cm³/mol. The van der Waals surface area contributed by atoms with Crippen molar-refractivity contribution in [2.45, 2.75) is 0 Å². The molecule has 2 N–H and O–H groups in total. The fourth-order valence-corrected chi connectivity index (χ4v) is 3.46. The van der Waals surface area contributed by atoms with Crippen LogP contribution in [0.3, 0.4) is 0 Å². The molecule has 1 aromatic heterocycles. The maximum Gasteiger partial charge on any atom is 0.250 e. The van der Waals surface area contributed by atoms with E-state index in [0.29, 0.717) is 16.6 Å². The minimum atomic E-state index is -0.317. The highest BCUT2D eigenvalue weighted by molar-refractivity contribution is 7.80. The van der Waals surface area contributed by atoms with Gasteiger partial charge in [0, 0.05) is 17.0 Å². The van der Waals surface area contributed by atoms with E-state index in [4.69, 9.17) is 21.7 Å². The molecule has 0 bridgehead atoms. The van der Waals surface area contributed by atoms with Crippen LogP contribution in [0.25, 0.3) is 17.3 Å². The third-order valence-corrected chi connectivity index (χ3v) is 4.83. The monoisotopic (exact) mass is 425 g/mol. The van der Waals surface area contributed by atoms with Gasteiger partial charge in [0.1, 0.15) is 0 Å². The van der Waals surface area contributed by atoms with E-state index in [-0.39, 0.29) is 11.0 Å². The molecule has 0 saturated heterocycles. The van der Waals surface area contributed by atoms with Crippen LogP contribution in [0.2, 0.25) is 0 Å². The summed E-state index contributed by atoms with van der Waals surface area (Å²) >= 11 is 6.58. The number of ether oxygens (including phenoxy) is 2. The summed E-state index contributed by atoms with van der Waals surface area (Å²) in [5.41, 5.74) is 2.57. The summed E-state index contributed by atoms with van der Waals surface area (Å²) in [5, 5.41) is 8.18. The molecule has 0 aliphatic carbocycles. The van der Waals surface area contributed by atoms with Gasteiger partial charge in [-0.1, -0.05) is 30.3 Å². The molecule has 3 aromatic rings. The van der Waals surface area contributed by atoms with Crippen LogP contribution in [0.4, 0.5) is 5.13 Å². The van der Waals surface area contributed by atoms with Crippen LogP contribution in [0.1, 0.15) is 5.56 Å². The molecule has 0 unspecified atom stereocenters. The molecule has 0 radical (unpaired) electrons. The zero-order valence-corrected chi connectivity index (χ0v) is 17.5. The van der Waals surface area contributed by atoms with E-state index in [2.05, 4.69) is 15.6 Å². The second-order valence-corrected chi connectivity index (χ2v) is 7.06. The van der Waals surface area contributed by atoms with Gasteiger partial charge in [-0.25, -0.2) is 4.98 Å². The lowest BCUT2D eigenvalue weighted by Gasteiger charge is -2.08. The number of amides is 1. The fraction of sp³-hybridized carbons (Fsp3) is 0.0952. The van der Waals surface area contributed by atoms with Gasteiger partial charge in [-0.05, 0) is 42.1 Å². The number of carbonyl (C=O) groups is 1. The van der Waals surface area contributed by atoms with Crippen molar-refractivity contribution in [1.29, 1.82) is 0 Å². The molecule has 0 aliphatic heterocycles. The Hall–Kier alpha value is -3.23. The van der Waals surface area contributed by atoms with Crippen molar-refractivity contribution in [3.8, 4) is 22.8 Å². The molecule has 2 aromatic carbocycles. The number of hydrogen-bond acceptors (Lipinski definition) is 6. The molecule has 1 amide bonds. The molecule has 29 heavy (non-hydrogen) atoms. The number of carbonyl (C=O) groups excluding carboxylic acids is 1. The Morgan fingerprint density at radius 1 is 1.10 bits per heavy atom. The molecule has 0 aliphatic rings. The number of benzene rings is 2. The Morgan fingerprint density at radius 3 is 2.59 bits per heavy atom. The Balaban J connectivity index is 1.60. The highest BCUT2D eigenvalue weighted by Gasteiger charge is 2.10. The minimum Gasteiger partial charge on any atom is -0.493 e. The topological polar surface area (TPSA) is 72.5 Å². The van der Waals surface area contributed by atoms with Crippen molar-refractivity contribution in [2.24, 2.45) is 0 Å². The molecule has 3 rings (SSSR count). The molecule has 8 heteroatoms. The molecule has 6 nitrogen and oxygen atoms in total. The molecule has 0 spiro atoms. The zero-order valence-electron chi connectivity index (χ0n) is 15.8. The van der Waals surface area contributed by atoms with Gasteiger partial charge in [0.05, 0.1) is 19.9 Å². The van der Waals surface area contributed by atoms with Crippen LogP contribution in [-0.2, 0) is 4.79 Å². The molecule has 0 atom stereocenters. The van der Waals surface area contributed by atoms with Gasteiger partial charge in [-0.3, -0.25) is 10.1 Å². The number of thiazole rings is 1. The average molecular weight is 426 g/mol. The van der Waals surface area contributed by atoms with E-state index in [0.717, 1.165) is 16.8 Å². The minimum absolute atomic E-state index is 0.181. The second-order valence-electron chi connectivity index (χ2n) is 5.80. The van der Waals surface area contributed by atoms with Crippen molar-refractivity contribution < 1.29 is 14.3 Å². The van der Waals surface area contributed by atoms with Crippen LogP contribution >= 0.6 is 23.6 Å². The lowest BCUT2D eigenvalue weighted by molar-refractivity contribution is -0.115.